The van der Waals surface area contributed by atoms with E-state index in [1.807, 2.05) is 0 Å². The van der Waals surface area contributed by atoms with Crippen molar-refractivity contribution in [3.8, 4) is 0 Å². The molecule has 0 fully saturated rings. The lowest BCUT2D eigenvalue weighted by molar-refractivity contribution is 0.206. The highest BCUT2D eigenvalue weighted by molar-refractivity contribution is 6.18. The van der Waals surface area contributed by atoms with Crippen molar-refractivity contribution >= 4 is 11.6 Å². The van der Waals surface area contributed by atoms with Gasteiger partial charge in [-0.05, 0) is 27.3 Å². The Balaban J connectivity index is 3.69. The number of hydrogen-bond donors (Lipinski definition) is 0. The van der Waals surface area contributed by atoms with E-state index in [4.69, 9.17) is 11.6 Å². The summed E-state index contributed by atoms with van der Waals surface area (Å²) in [6, 6.07) is 1.14. The lowest BCUT2D eigenvalue weighted by Gasteiger charge is -2.28. The third-order valence-corrected chi connectivity index (χ3v) is 2.65. The summed E-state index contributed by atoms with van der Waals surface area (Å²) in [5.41, 5.74) is 0. The van der Waals surface area contributed by atoms with Gasteiger partial charge >= 0.3 is 0 Å². The Hall–Kier alpha value is 0.250. The quantitative estimate of drug-likeness (QED) is 0.576. The van der Waals surface area contributed by atoms with E-state index in [1.165, 1.54) is 6.42 Å². The fourth-order valence-electron chi connectivity index (χ4n) is 0.831. The highest BCUT2D eigenvalue weighted by atomic mass is 35.5. The Morgan fingerprint density at radius 3 is 2.10 bits per heavy atom. The summed E-state index contributed by atoms with van der Waals surface area (Å²) in [6.45, 7) is 6.57. The number of hydrogen-bond acceptors (Lipinski definition) is 1. The van der Waals surface area contributed by atoms with Crippen LogP contribution in [-0.4, -0.2) is 29.9 Å². The number of alkyl halides is 1. The number of nitrogens with zero attached hydrogens (tertiary/aromatic N) is 1. The molecule has 0 aromatic rings. The predicted octanol–water partition coefficient (Wildman–Crippen LogP) is 2.34. The van der Waals surface area contributed by atoms with Crippen molar-refractivity contribution in [2.24, 2.45) is 0 Å². The average Bonchev–Trinajstić information content (AvgIpc) is 2.00. The van der Waals surface area contributed by atoms with Crippen LogP contribution in [0.2, 0.25) is 0 Å². The van der Waals surface area contributed by atoms with Gasteiger partial charge in [0.15, 0.2) is 0 Å². The van der Waals surface area contributed by atoms with Gasteiger partial charge in [-0.25, -0.2) is 0 Å². The molecule has 0 heterocycles. The lowest BCUT2D eigenvalue weighted by Crippen LogP contribution is -2.37. The van der Waals surface area contributed by atoms with Gasteiger partial charge in [-0.2, -0.15) is 0 Å². The first-order valence-corrected chi connectivity index (χ1v) is 4.44. The van der Waals surface area contributed by atoms with E-state index in [9.17, 15) is 0 Å². The fraction of sp³-hybridized carbons (Fsp3) is 1.00. The molecule has 10 heavy (non-hydrogen) atoms. The molecule has 1 nitrogen and oxygen atoms in total. The molecule has 62 valence electrons. The van der Waals surface area contributed by atoms with Crippen molar-refractivity contribution in [2.75, 3.05) is 12.9 Å². The lowest BCUT2D eigenvalue weighted by atomic mass is 10.2. The zero-order valence-electron chi connectivity index (χ0n) is 7.39. The molecule has 0 radical (unpaired) electrons. The van der Waals surface area contributed by atoms with Crippen LogP contribution in [0, 0.1) is 0 Å². The Bertz CT molecular complexity index is 75.3. The molecular formula is C8H18ClN. The van der Waals surface area contributed by atoms with Crippen LogP contribution in [0.15, 0.2) is 0 Å². The van der Waals surface area contributed by atoms with Crippen molar-refractivity contribution < 1.29 is 0 Å². The summed E-state index contributed by atoms with van der Waals surface area (Å²) in [5.74, 6) is 0.723. The van der Waals surface area contributed by atoms with Crippen LogP contribution in [0.1, 0.15) is 27.2 Å². The summed E-state index contributed by atoms with van der Waals surface area (Å²) in [4.78, 5) is 2.31. The van der Waals surface area contributed by atoms with Gasteiger partial charge in [-0.3, -0.25) is 4.90 Å². The number of rotatable bonds is 4. The minimum absolute atomic E-state index is 0.497. The van der Waals surface area contributed by atoms with Crippen LogP contribution in [0.25, 0.3) is 0 Å². The Morgan fingerprint density at radius 1 is 1.30 bits per heavy atom. The standard InChI is InChI=1S/C8H18ClN/c1-5-7(2)10(4)8(3)6-9/h7-8H,5-6H2,1-4H3. The van der Waals surface area contributed by atoms with Gasteiger partial charge in [0.2, 0.25) is 0 Å². The van der Waals surface area contributed by atoms with Gasteiger partial charge in [0, 0.05) is 18.0 Å². The topological polar surface area (TPSA) is 3.24 Å². The summed E-state index contributed by atoms with van der Waals surface area (Å²) >= 11 is 5.71. The first-order valence-electron chi connectivity index (χ1n) is 3.91. The average molecular weight is 164 g/mol. The van der Waals surface area contributed by atoms with E-state index in [1.54, 1.807) is 0 Å². The molecule has 2 atom stereocenters. The first-order chi connectivity index (χ1) is 4.63. The van der Waals surface area contributed by atoms with Gasteiger partial charge in [0.05, 0.1) is 0 Å². The third kappa shape index (κ3) is 2.89. The van der Waals surface area contributed by atoms with E-state index in [0.29, 0.717) is 12.1 Å². The van der Waals surface area contributed by atoms with Gasteiger partial charge in [-0.1, -0.05) is 6.92 Å². The van der Waals surface area contributed by atoms with Crippen molar-refractivity contribution in [1.82, 2.24) is 4.90 Å². The molecule has 2 heteroatoms. The smallest absolute Gasteiger partial charge is 0.0376 e. The van der Waals surface area contributed by atoms with E-state index >= 15 is 0 Å². The zero-order chi connectivity index (χ0) is 8.15. The zero-order valence-corrected chi connectivity index (χ0v) is 8.15. The Kier molecular flexibility index (Phi) is 5.10. The Labute approximate surface area is 69.4 Å². The fourth-order valence-corrected chi connectivity index (χ4v) is 1.05. The van der Waals surface area contributed by atoms with Gasteiger partial charge in [-0.15, -0.1) is 11.6 Å². The summed E-state index contributed by atoms with van der Waals surface area (Å²) in [7, 11) is 2.13. The first kappa shape index (κ1) is 10.2. The third-order valence-electron chi connectivity index (χ3n) is 2.20. The molecule has 0 rings (SSSR count). The second-order valence-electron chi connectivity index (χ2n) is 2.93. The molecule has 0 saturated carbocycles. The minimum atomic E-state index is 0.497. The van der Waals surface area contributed by atoms with Crippen LogP contribution in [0.5, 0.6) is 0 Å². The van der Waals surface area contributed by atoms with Crippen LogP contribution in [0.4, 0.5) is 0 Å². The van der Waals surface area contributed by atoms with E-state index in [0.717, 1.165) is 5.88 Å². The van der Waals surface area contributed by atoms with Gasteiger partial charge < -0.3 is 0 Å². The molecule has 0 amide bonds. The van der Waals surface area contributed by atoms with Crippen molar-refractivity contribution in [3.05, 3.63) is 0 Å². The monoisotopic (exact) mass is 163 g/mol. The van der Waals surface area contributed by atoms with Crippen LogP contribution >= 0.6 is 11.6 Å². The second-order valence-corrected chi connectivity index (χ2v) is 3.23. The van der Waals surface area contributed by atoms with Crippen molar-refractivity contribution in [1.29, 1.82) is 0 Å². The maximum Gasteiger partial charge on any atom is 0.0376 e. The van der Waals surface area contributed by atoms with Crippen molar-refractivity contribution in [2.45, 2.75) is 39.3 Å². The molecule has 0 saturated heterocycles. The summed E-state index contributed by atoms with van der Waals surface area (Å²) < 4.78 is 0. The predicted molar refractivity (Wildman–Crippen MR) is 47.7 cm³/mol. The molecule has 0 aliphatic heterocycles. The van der Waals surface area contributed by atoms with Crippen LogP contribution in [-0.2, 0) is 0 Å². The van der Waals surface area contributed by atoms with E-state index in [2.05, 4.69) is 32.7 Å². The number of halogens is 1. The highest BCUT2D eigenvalue weighted by Gasteiger charge is 2.12. The van der Waals surface area contributed by atoms with Gasteiger partial charge in [0.25, 0.3) is 0 Å². The maximum absolute atomic E-state index is 5.71. The van der Waals surface area contributed by atoms with Crippen LogP contribution in [0.3, 0.4) is 0 Å². The van der Waals surface area contributed by atoms with E-state index < -0.39 is 0 Å². The normalized spacial score (nSPS) is 17.4. The molecule has 0 aliphatic carbocycles. The molecule has 0 aromatic heterocycles. The molecule has 0 aliphatic rings. The van der Waals surface area contributed by atoms with Gasteiger partial charge in [0.1, 0.15) is 0 Å². The molecule has 2 unspecified atom stereocenters. The summed E-state index contributed by atoms with van der Waals surface area (Å²) in [6.07, 6.45) is 1.19. The maximum atomic E-state index is 5.71. The highest BCUT2D eigenvalue weighted by Crippen LogP contribution is 2.06. The Morgan fingerprint density at radius 2 is 1.80 bits per heavy atom. The van der Waals surface area contributed by atoms with Crippen LogP contribution < -0.4 is 0 Å². The minimum Gasteiger partial charge on any atom is -0.300 e. The molecule has 0 N–H and O–H groups in total. The molecular weight excluding hydrogens is 146 g/mol. The molecule has 0 bridgehead atoms. The molecule has 0 spiro atoms. The largest absolute Gasteiger partial charge is 0.300 e. The second kappa shape index (κ2) is 4.97. The molecule has 0 aromatic carbocycles. The van der Waals surface area contributed by atoms with Crippen molar-refractivity contribution in [3.63, 3.8) is 0 Å². The SMILES string of the molecule is CCC(C)N(C)C(C)CCl. The summed E-state index contributed by atoms with van der Waals surface area (Å²) in [5, 5.41) is 0. The van der Waals surface area contributed by atoms with E-state index in [-0.39, 0.29) is 0 Å².